The summed E-state index contributed by atoms with van der Waals surface area (Å²) in [6, 6.07) is 0.942. The highest BCUT2D eigenvalue weighted by Crippen LogP contribution is 2.27. The molecule has 0 saturated heterocycles. The van der Waals surface area contributed by atoms with E-state index in [0.29, 0.717) is 23.5 Å². The van der Waals surface area contributed by atoms with E-state index in [1.54, 1.807) is 0 Å². The van der Waals surface area contributed by atoms with Crippen LogP contribution in [0.15, 0.2) is 22.5 Å². The van der Waals surface area contributed by atoms with Gasteiger partial charge in [0.05, 0.1) is 17.0 Å². The van der Waals surface area contributed by atoms with Gasteiger partial charge >= 0.3 is 18.1 Å². The highest BCUT2D eigenvalue weighted by molar-refractivity contribution is 7.93. The lowest BCUT2D eigenvalue weighted by Gasteiger charge is -2.10. The Morgan fingerprint density at radius 1 is 1.12 bits per heavy atom. The van der Waals surface area contributed by atoms with Crippen LogP contribution in [0.4, 0.5) is 32.6 Å². The summed E-state index contributed by atoms with van der Waals surface area (Å²) in [5.41, 5.74) is 4.71. The van der Waals surface area contributed by atoms with Crippen LogP contribution in [-0.2, 0) is 19.6 Å². The second-order valence-electron chi connectivity index (χ2n) is 5.26. The van der Waals surface area contributed by atoms with Gasteiger partial charge in [-0.3, -0.25) is 9.52 Å². The third-order valence-electron chi connectivity index (χ3n) is 3.02. The fraction of sp³-hybridized carbons (Fsp3) is 0.143. The van der Waals surface area contributed by atoms with Gasteiger partial charge in [-0.15, -0.1) is 11.3 Å². The van der Waals surface area contributed by atoms with Crippen molar-refractivity contribution in [3.05, 3.63) is 35.0 Å². The lowest BCUT2D eigenvalue weighted by molar-refractivity contribution is -0.192. The number of rotatable bonds is 6. The average molecular weight is 506 g/mol. The summed E-state index contributed by atoms with van der Waals surface area (Å²) >= 11 is 0.682. The van der Waals surface area contributed by atoms with Crippen LogP contribution in [0.1, 0.15) is 10.5 Å². The van der Waals surface area contributed by atoms with Crippen LogP contribution in [-0.4, -0.2) is 54.2 Å². The van der Waals surface area contributed by atoms with E-state index in [1.807, 2.05) is 10.0 Å². The Labute approximate surface area is 178 Å². The highest BCUT2D eigenvalue weighted by atomic mass is 32.2. The predicted octanol–water partition coefficient (Wildman–Crippen LogP) is 1.45. The summed E-state index contributed by atoms with van der Waals surface area (Å²) in [5.74, 6) is -7.79. The third-order valence-corrected chi connectivity index (χ3v) is 5.22. The number of nitrogens with one attached hydrogen (secondary N) is 2. The molecule has 11 nitrogen and oxygen atoms in total. The Balaban J connectivity index is 0.000000633. The van der Waals surface area contributed by atoms with Crippen LogP contribution in [0.25, 0.3) is 0 Å². The molecular formula is C14H11F5N4O7S2. The maximum atomic E-state index is 13.9. The van der Waals surface area contributed by atoms with Crippen molar-refractivity contribution in [2.75, 3.05) is 16.6 Å². The highest BCUT2D eigenvalue weighted by Gasteiger charge is 2.38. The van der Waals surface area contributed by atoms with Gasteiger partial charge in [0.15, 0.2) is 17.3 Å². The molecule has 18 heteroatoms. The molecule has 1 aromatic carbocycles. The van der Waals surface area contributed by atoms with Crippen molar-refractivity contribution in [1.82, 2.24) is 4.98 Å². The van der Waals surface area contributed by atoms with Crippen LogP contribution in [0.3, 0.4) is 0 Å². The van der Waals surface area contributed by atoms with Gasteiger partial charge in [-0.1, -0.05) is 0 Å². The first kappa shape index (κ1) is 26.7. The van der Waals surface area contributed by atoms with Gasteiger partial charge in [-0.2, -0.15) is 13.2 Å². The number of thiazole rings is 1. The minimum Gasteiger partial charge on any atom is -0.476 e. The lowest BCUT2D eigenvalue weighted by atomic mass is 10.3. The Hall–Kier alpha value is -3.38. The summed E-state index contributed by atoms with van der Waals surface area (Å²) in [6.07, 6.45) is -5.08. The second-order valence-corrected chi connectivity index (χ2v) is 7.80. The standard InChI is InChI=1S/C12H10F2N4O5S2.C2HF3O2/c13-6-1-5(2-7(14)9(6)17-8(19)3-15)25(22,23)18-11-10(12(20)21)16-4-24-11;3-2(4,5)1(6)7/h1-2,4,18H,3,15H2,(H,17,19)(H,20,21);(H,6,7). The number of carboxylic acid groups (broad SMARTS) is 2. The van der Waals surface area contributed by atoms with Gasteiger partial charge in [-0.05, 0) is 12.1 Å². The van der Waals surface area contributed by atoms with Crippen LogP contribution in [0.5, 0.6) is 0 Å². The number of carbonyl (C=O) groups is 3. The summed E-state index contributed by atoms with van der Waals surface area (Å²) in [4.78, 5) is 33.6. The van der Waals surface area contributed by atoms with Gasteiger partial charge in [0.2, 0.25) is 5.91 Å². The minimum atomic E-state index is -5.08. The minimum absolute atomic E-state index is 0.325. The van der Waals surface area contributed by atoms with Crippen LogP contribution in [0, 0.1) is 11.6 Å². The molecule has 0 spiro atoms. The van der Waals surface area contributed by atoms with Crippen LogP contribution >= 0.6 is 11.3 Å². The Morgan fingerprint density at radius 3 is 2.03 bits per heavy atom. The number of aromatic carboxylic acids is 1. The van der Waals surface area contributed by atoms with E-state index in [4.69, 9.17) is 20.7 Å². The summed E-state index contributed by atoms with van der Waals surface area (Å²) in [6.45, 7) is -0.524. The molecular weight excluding hydrogens is 495 g/mol. The summed E-state index contributed by atoms with van der Waals surface area (Å²) in [5, 5.41) is 17.6. The van der Waals surface area contributed by atoms with Crippen molar-refractivity contribution in [1.29, 1.82) is 0 Å². The topological polar surface area (TPSA) is 189 Å². The van der Waals surface area contributed by atoms with E-state index in [9.17, 15) is 40.0 Å². The summed E-state index contributed by atoms with van der Waals surface area (Å²) < 4.78 is 85.9. The molecule has 176 valence electrons. The van der Waals surface area contributed by atoms with E-state index in [2.05, 4.69) is 4.98 Å². The molecule has 1 aromatic heterocycles. The molecule has 0 unspecified atom stereocenters. The molecule has 0 saturated carbocycles. The van der Waals surface area contributed by atoms with Crippen molar-refractivity contribution in [3.63, 3.8) is 0 Å². The Kier molecular flexibility index (Phi) is 8.57. The molecule has 0 atom stereocenters. The van der Waals surface area contributed by atoms with E-state index >= 15 is 0 Å². The molecule has 0 aliphatic heterocycles. The average Bonchev–Trinajstić information content (AvgIpc) is 3.11. The van der Waals surface area contributed by atoms with Crippen LogP contribution in [0.2, 0.25) is 0 Å². The number of halogens is 5. The summed E-state index contributed by atoms with van der Waals surface area (Å²) in [7, 11) is -4.50. The zero-order valence-electron chi connectivity index (χ0n) is 15.1. The SMILES string of the molecule is NCC(=O)Nc1c(F)cc(S(=O)(=O)Nc2scnc2C(=O)O)cc1F.O=C(O)C(F)(F)F. The van der Waals surface area contributed by atoms with Crippen molar-refractivity contribution in [2.45, 2.75) is 11.1 Å². The molecule has 1 amide bonds. The number of carbonyl (C=O) groups excluding carboxylic acids is 1. The van der Waals surface area contributed by atoms with E-state index in [-0.39, 0.29) is 5.00 Å². The monoisotopic (exact) mass is 506 g/mol. The first-order valence-corrected chi connectivity index (χ1v) is 9.95. The number of amides is 1. The maximum absolute atomic E-state index is 13.9. The normalized spacial score (nSPS) is 11.2. The zero-order chi connectivity index (χ0) is 24.9. The van der Waals surface area contributed by atoms with Gasteiger partial charge in [0.25, 0.3) is 10.0 Å². The number of anilines is 2. The first-order valence-electron chi connectivity index (χ1n) is 7.58. The van der Waals surface area contributed by atoms with Crippen molar-refractivity contribution >= 4 is 49.9 Å². The molecule has 0 aliphatic carbocycles. The smallest absolute Gasteiger partial charge is 0.476 e. The number of hydrogen-bond donors (Lipinski definition) is 5. The Bertz CT molecular complexity index is 1110. The van der Waals surface area contributed by atoms with E-state index in [0.717, 1.165) is 5.51 Å². The van der Waals surface area contributed by atoms with Gasteiger partial charge in [-0.25, -0.2) is 31.8 Å². The van der Waals surface area contributed by atoms with Gasteiger partial charge in [0.1, 0.15) is 10.7 Å². The second kappa shape index (κ2) is 10.3. The number of sulfonamides is 1. The number of benzene rings is 1. The molecule has 0 radical (unpaired) electrons. The number of nitrogens with zero attached hydrogens (tertiary/aromatic N) is 1. The van der Waals surface area contributed by atoms with Gasteiger partial charge < -0.3 is 21.3 Å². The largest absolute Gasteiger partial charge is 0.490 e. The Morgan fingerprint density at radius 2 is 1.62 bits per heavy atom. The maximum Gasteiger partial charge on any atom is 0.490 e. The first-order chi connectivity index (χ1) is 14.6. The van der Waals surface area contributed by atoms with Crippen LogP contribution < -0.4 is 15.8 Å². The molecule has 6 N–H and O–H groups in total. The fourth-order valence-electron chi connectivity index (χ4n) is 1.67. The number of nitrogens with two attached hydrogens (primary N) is 1. The lowest BCUT2D eigenvalue weighted by Crippen LogP contribution is -2.23. The molecule has 2 aromatic rings. The van der Waals surface area contributed by atoms with E-state index < -0.39 is 68.5 Å². The molecule has 1 heterocycles. The van der Waals surface area contributed by atoms with Crippen molar-refractivity contribution in [3.8, 4) is 0 Å². The molecule has 0 fully saturated rings. The van der Waals surface area contributed by atoms with Crippen molar-refractivity contribution in [2.24, 2.45) is 5.73 Å². The third kappa shape index (κ3) is 7.10. The molecule has 32 heavy (non-hydrogen) atoms. The molecule has 0 aliphatic rings. The van der Waals surface area contributed by atoms with E-state index in [1.165, 1.54) is 0 Å². The number of aliphatic carboxylic acids is 1. The zero-order valence-corrected chi connectivity index (χ0v) is 16.7. The number of carboxylic acids is 2. The number of aromatic nitrogens is 1. The number of hydrogen-bond acceptors (Lipinski definition) is 8. The molecule has 0 bridgehead atoms. The predicted molar refractivity (Wildman–Crippen MR) is 97.6 cm³/mol. The molecule has 2 rings (SSSR count). The quantitative estimate of drug-likeness (QED) is 0.361. The number of alkyl halides is 3. The fourth-order valence-corrected chi connectivity index (χ4v) is 3.68. The van der Waals surface area contributed by atoms with Crippen molar-refractivity contribution < 1.29 is 55.0 Å². The van der Waals surface area contributed by atoms with Gasteiger partial charge in [0, 0.05) is 0 Å².